The minimum atomic E-state index is -3.77. The molecule has 0 bridgehead atoms. The van der Waals surface area contributed by atoms with Crippen molar-refractivity contribution in [1.29, 1.82) is 0 Å². The predicted molar refractivity (Wildman–Crippen MR) is 117 cm³/mol. The van der Waals surface area contributed by atoms with Crippen molar-refractivity contribution in [2.24, 2.45) is 5.14 Å². The maximum Gasteiger partial charge on any atom is 0.241 e. The molecule has 2 aromatic rings. The van der Waals surface area contributed by atoms with Gasteiger partial charge in [0.05, 0.1) is 10.9 Å². The second-order valence-electron chi connectivity index (χ2n) is 6.93. The van der Waals surface area contributed by atoms with Gasteiger partial charge in [-0.05, 0) is 56.3 Å². The van der Waals surface area contributed by atoms with E-state index in [0.29, 0.717) is 18.8 Å². The summed E-state index contributed by atoms with van der Waals surface area (Å²) in [6.07, 6.45) is 1.04. The van der Waals surface area contributed by atoms with Crippen LogP contribution in [0.25, 0.3) is 0 Å². The maximum atomic E-state index is 12.6. The molecule has 0 saturated heterocycles. The van der Waals surface area contributed by atoms with E-state index >= 15 is 0 Å². The number of sulfonamides is 1. The van der Waals surface area contributed by atoms with E-state index in [-0.39, 0.29) is 23.1 Å². The van der Waals surface area contributed by atoms with Crippen molar-refractivity contribution in [2.75, 3.05) is 23.7 Å². The standard InChI is InChI=1S/C21H28N4O4S/c1-3-14-25(16(2)21(27)24-17-7-5-4-6-8-17)15-13-20(26)23-18-9-11-19(12-10-18)30(22,28)29/h4-12,16H,3,13-15H2,1-2H3,(H,23,26)(H,24,27)(H2,22,28,29). The molecule has 9 heteroatoms. The van der Waals surface area contributed by atoms with Gasteiger partial charge in [-0.15, -0.1) is 0 Å². The highest BCUT2D eigenvalue weighted by molar-refractivity contribution is 7.89. The quantitative estimate of drug-likeness (QED) is 0.532. The summed E-state index contributed by atoms with van der Waals surface area (Å²) in [7, 11) is -3.77. The molecular formula is C21H28N4O4S. The largest absolute Gasteiger partial charge is 0.326 e. The van der Waals surface area contributed by atoms with Crippen molar-refractivity contribution >= 4 is 33.2 Å². The van der Waals surface area contributed by atoms with Crippen LogP contribution in [0.4, 0.5) is 11.4 Å². The molecule has 8 nitrogen and oxygen atoms in total. The molecule has 30 heavy (non-hydrogen) atoms. The van der Waals surface area contributed by atoms with Gasteiger partial charge in [-0.2, -0.15) is 0 Å². The van der Waals surface area contributed by atoms with Gasteiger partial charge in [0.15, 0.2) is 0 Å². The van der Waals surface area contributed by atoms with E-state index in [1.54, 1.807) is 0 Å². The normalized spacial score (nSPS) is 12.4. The molecule has 4 N–H and O–H groups in total. The Balaban J connectivity index is 1.91. The Bertz CT molecular complexity index is 947. The number of benzene rings is 2. The van der Waals surface area contributed by atoms with Crippen LogP contribution in [0, 0.1) is 0 Å². The molecule has 2 rings (SSSR count). The molecule has 0 spiro atoms. The summed E-state index contributed by atoms with van der Waals surface area (Å²) in [6, 6.07) is 14.5. The van der Waals surface area contributed by atoms with Gasteiger partial charge in [0.2, 0.25) is 21.8 Å². The van der Waals surface area contributed by atoms with Crippen molar-refractivity contribution in [3.05, 3.63) is 54.6 Å². The van der Waals surface area contributed by atoms with Gasteiger partial charge in [0.1, 0.15) is 0 Å². The lowest BCUT2D eigenvalue weighted by atomic mass is 10.2. The average Bonchev–Trinajstić information content (AvgIpc) is 2.71. The number of nitrogens with two attached hydrogens (primary N) is 1. The van der Waals surface area contributed by atoms with Crippen LogP contribution in [0.3, 0.4) is 0 Å². The Hall–Kier alpha value is -2.75. The molecule has 0 aliphatic heterocycles. The van der Waals surface area contributed by atoms with E-state index in [1.165, 1.54) is 24.3 Å². The van der Waals surface area contributed by atoms with Crippen LogP contribution in [-0.4, -0.2) is 44.3 Å². The Labute approximate surface area is 177 Å². The summed E-state index contributed by atoms with van der Waals surface area (Å²) in [5, 5.41) is 10.7. The van der Waals surface area contributed by atoms with Crippen LogP contribution < -0.4 is 15.8 Å². The minimum Gasteiger partial charge on any atom is -0.326 e. The molecule has 0 heterocycles. The highest BCUT2D eigenvalue weighted by atomic mass is 32.2. The van der Waals surface area contributed by atoms with Crippen molar-refractivity contribution in [3.63, 3.8) is 0 Å². The number of amides is 2. The first-order valence-corrected chi connectivity index (χ1v) is 11.3. The third-order valence-electron chi connectivity index (χ3n) is 4.57. The Morgan fingerprint density at radius 2 is 1.57 bits per heavy atom. The lowest BCUT2D eigenvalue weighted by Crippen LogP contribution is -2.43. The fraction of sp³-hybridized carbons (Fsp3) is 0.333. The molecule has 0 radical (unpaired) electrons. The van der Waals surface area contributed by atoms with Gasteiger partial charge in [0, 0.05) is 24.3 Å². The number of rotatable bonds is 10. The zero-order valence-electron chi connectivity index (χ0n) is 17.2. The van der Waals surface area contributed by atoms with Crippen molar-refractivity contribution in [2.45, 2.75) is 37.6 Å². The Kier molecular flexibility index (Phi) is 8.52. The molecule has 1 unspecified atom stereocenters. The SMILES string of the molecule is CCCN(CCC(=O)Nc1ccc(S(N)(=O)=O)cc1)C(C)C(=O)Nc1ccccc1. The summed E-state index contributed by atoms with van der Waals surface area (Å²) in [4.78, 5) is 26.8. The van der Waals surface area contributed by atoms with Crippen LogP contribution in [-0.2, 0) is 19.6 Å². The van der Waals surface area contributed by atoms with E-state index in [1.807, 2.05) is 49.1 Å². The zero-order valence-corrected chi connectivity index (χ0v) is 18.0. The summed E-state index contributed by atoms with van der Waals surface area (Å²) >= 11 is 0. The highest BCUT2D eigenvalue weighted by Crippen LogP contribution is 2.14. The number of hydrogen-bond acceptors (Lipinski definition) is 5. The molecule has 162 valence electrons. The van der Waals surface area contributed by atoms with E-state index in [4.69, 9.17) is 5.14 Å². The molecule has 0 aromatic heterocycles. The number of carbonyl (C=O) groups is 2. The first kappa shape index (κ1) is 23.5. The monoisotopic (exact) mass is 432 g/mol. The first-order chi connectivity index (χ1) is 14.2. The van der Waals surface area contributed by atoms with Crippen LogP contribution in [0.5, 0.6) is 0 Å². The molecule has 0 saturated carbocycles. The number of anilines is 2. The fourth-order valence-electron chi connectivity index (χ4n) is 2.92. The Morgan fingerprint density at radius 3 is 2.13 bits per heavy atom. The smallest absolute Gasteiger partial charge is 0.241 e. The molecular weight excluding hydrogens is 404 g/mol. The fourth-order valence-corrected chi connectivity index (χ4v) is 3.43. The lowest BCUT2D eigenvalue weighted by Gasteiger charge is -2.27. The highest BCUT2D eigenvalue weighted by Gasteiger charge is 2.21. The molecule has 0 aliphatic carbocycles. The number of nitrogens with one attached hydrogen (secondary N) is 2. The number of primary sulfonamides is 1. The lowest BCUT2D eigenvalue weighted by molar-refractivity contribution is -0.122. The predicted octanol–water partition coefficient (Wildman–Crippen LogP) is 2.40. The minimum absolute atomic E-state index is 0.0205. The third kappa shape index (κ3) is 7.25. The average molecular weight is 433 g/mol. The Morgan fingerprint density at radius 1 is 0.967 bits per heavy atom. The maximum absolute atomic E-state index is 12.6. The molecule has 0 fully saturated rings. The summed E-state index contributed by atoms with van der Waals surface area (Å²) in [5.41, 5.74) is 1.20. The van der Waals surface area contributed by atoms with Crippen LogP contribution in [0.2, 0.25) is 0 Å². The number of nitrogens with zero attached hydrogens (tertiary/aromatic N) is 1. The van der Waals surface area contributed by atoms with Gasteiger partial charge >= 0.3 is 0 Å². The van der Waals surface area contributed by atoms with Gasteiger partial charge in [-0.1, -0.05) is 25.1 Å². The van der Waals surface area contributed by atoms with E-state index in [2.05, 4.69) is 10.6 Å². The van der Waals surface area contributed by atoms with Crippen molar-refractivity contribution in [1.82, 2.24) is 4.90 Å². The second kappa shape index (κ2) is 10.9. The second-order valence-corrected chi connectivity index (χ2v) is 8.50. The molecule has 2 amide bonds. The number of para-hydroxylation sites is 1. The van der Waals surface area contributed by atoms with Crippen LogP contribution in [0.1, 0.15) is 26.7 Å². The van der Waals surface area contributed by atoms with Crippen molar-refractivity contribution in [3.8, 4) is 0 Å². The van der Waals surface area contributed by atoms with E-state index < -0.39 is 16.1 Å². The number of carbonyl (C=O) groups excluding carboxylic acids is 2. The zero-order chi connectivity index (χ0) is 22.1. The van der Waals surface area contributed by atoms with Gasteiger partial charge in [0.25, 0.3) is 0 Å². The van der Waals surface area contributed by atoms with Gasteiger partial charge < -0.3 is 10.6 Å². The molecule has 0 aliphatic rings. The topological polar surface area (TPSA) is 122 Å². The van der Waals surface area contributed by atoms with Gasteiger partial charge in [-0.3, -0.25) is 14.5 Å². The van der Waals surface area contributed by atoms with Crippen LogP contribution in [0.15, 0.2) is 59.5 Å². The first-order valence-electron chi connectivity index (χ1n) is 9.73. The third-order valence-corrected chi connectivity index (χ3v) is 5.50. The molecule has 2 aromatic carbocycles. The molecule has 1 atom stereocenters. The summed E-state index contributed by atoms with van der Waals surface area (Å²) in [5.74, 6) is -0.358. The van der Waals surface area contributed by atoms with Crippen LogP contribution >= 0.6 is 0 Å². The van der Waals surface area contributed by atoms with E-state index in [9.17, 15) is 18.0 Å². The number of hydrogen-bond donors (Lipinski definition) is 3. The van der Waals surface area contributed by atoms with Gasteiger partial charge in [-0.25, -0.2) is 13.6 Å². The summed E-state index contributed by atoms with van der Waals surface area (Å²) in [6.45, 7) is 4.93. The summed E-state index contributed by atoms with van der Waals surface area (Å²) < 4.78 is 22.6. The van der Waals surface area contributed by atoms with Crippen molar-refractivity contribution < 1.29 is 18.0 Å². The van der Waals surface area contributed by atoms with E-state index in [0.717, 1.165) is 12.1 Å².